The third kappa shape index (κ3) is 4.99. The van der Waals surface area contributed by atoms with E-state index < -0.39 is 5.97 Å². The molecule has 1 unspecified atom stereocenters. The largest absolute Gasteiger partial charge is 0.478 e. The van der Waals surface area contributed by atoms with Crippen LogP contribution >= 0.6 is 0 Å². The zero-order chi connectivity index (χ0) is 12.7. The van der Waals surface area contributed by atoms with Crippen molar-refractivity contribution < 1.29 is 19.4 Å². The van der Waals surface area contributed by atoms with Gasteiger partial charge >= 0.3 is 5.97 Å². The van der Waals surface area contributed by atoms with Crippen LogP contribution in [0.15, 0.2) is 12.2 Å². The summed E-state index contributed by atoms with van der Waals surface area (Å²) in [6.45, 7) is 3.98. The van der Waals surface area contributed by atoms with E-state index in [0.29, 0.717) is 19.7 Å². The van der Waals surface area contributed by atoms with E-state index in [0.717, 1.165) is 31.4 Å². The number of aliphatic carboxylic acids is 1. The average Bonchev–Trinajstić information content (AvgIpc) is 2.33. The zero-order valence-corrected chi connectivity index (χ0v) is 10.1. The van der Waals surface area contributed by atoms with Gasteiger partial charge in [0.05, 0.1) is 6.10 Å². The number of hydrogen-bond donors (Lipinski definition) is 1. The van der Waals surface area contributed by atoms with E-state index in [2.05, 4.69) is 0 Å². The highest BCUT2D eigenvalue weighted by atomic mass is 16.5. The number of likely N-dealkylation sites (tertiary alicyclic amines) is 1. The molecule has 0 saturated carbocycles. The summed E-state index contributed by atoms with van der Waals surface area (Å²) >= 11 is 0. The number of amides is 1. The molecular weight excluding hydrogens is 222 g/mol. The molecule has 96 valence electrons. The summed E-state index contributed by atoms with van der Waals surface area (Å²) in [5, 5.41) is 8.45. The SMILES string of the molecule is CCCOC1CCCN(C(=O)/C=C/C(=O)O)C1. The highest BCUT2D eigenvalue weighted by Crippen LogP contribution is 2.13. The quantitative estimate of drug-likeness (QED) is 0.730. The molecule has 0 aromatic heterocycles. The lowest BCUT2D eigenvalue weighted by molar-refractivity contribution is -0.133. The first-order valence-electron chi connectivity index (χ1n) is 5.95. The monoisotopic (exact) mass is 241 g/mol. The minimum absolute atomic E-state index is 0.0888. The molecule has 0 aliphatic carbocycles. The van der Waals surface area contributed by atoms with E-state index in [1.54, 1.807) is 4.90 Å². The van der Waals surface area contributed by atoms with Gasteiger partial charge in [0.1, 0.15) is 0 Å². The summed E-state index contributed by atoms with van der Waals surface area (Å²) in [5.74, 6) is -1.36. The summed E-state index contributed by atoms with van der Waals surface area (Å²) in [5.41, 5.74) is 0. The number of piperidine rings is 1. The van der Waals surface area contributed by atoms with Gasteiger partial charge in [-0.3, -0.25) is 4.79 Å². The fraction of sp³-hybridized carbons (Fsp3) is 0.667. The standard InChI is InChI=1S/C12H19NO4/c1-2-8-17-10-4-3-7-13(9-10)11(14)5-6-12(15)16/h5-6,10H,2-4,7-9H2,1H3,(H,15,16)/b6-5+. The Balaban J connectivity index is 2.42. The van der Waals surface area contributed by atoms with Crippen molar-refractivity contribution in [3.05, 3.63) is 12.2 Å². The van der Waals surface area contributed by atoms with Crippen molar-refractivity contribution in [2.24, 2.45) is 0 Å². The van der Waals surface area contributed by atoms with Crippen LogP contribution in [-0.2, 0) is 14.3 Å². The molecule has 1 heterocycles. The molecule has 0 spiro atoms. The van der Waals surface area contributed by atoms with Gasteiger partial charge in [0.15, 0.2) is 0 Å². The third-order valence-electron chi connectivity index (χ3n) is 2.62. The Hall–Kier alpha value is -1.36. The second-order valence-electron chi connectivity index (χ2n) is 4.09. The van der Waals surface area contributed by atoms with E-state index in [1.165, 1.54) is 0 Å². The van der Waals surface area contributed by atoms with Crippen molar-refractivity contribution in [1.82, 2.24) is 4.90 Å². The number of nitrogens with zero attached hydrogens (tertiary/aromatic N) is 1. The van der Waals surface area contributed by atoms with Crippen LogP contribution in [0.4, 0.5) is 0 Å². The van der Waals surface area contributed by atoms with Gasteiger partial charge in [-0.05, 0) is 19.3 Å². The molecule has 0 aromatic rings. The fourth-order valence-electron chi connectivity index (χ4n) is 1.81. The topological polar surface area (TPSA) is 66.8 Å². The van der Waals surface area contributed by atoms with Crippen LogP contribution in [0.2, 0.25) is 0 Å². The Bertz CT molecular complexity index is 301. The first-order chi connectivity index (χ1) is 8.13. The summed E-state index contributed by atoms with van der Waals surface area (Å²) in [6, 6.07) is 0. The van der Waals surface area contributed by atoms with E-state index in [4.69, 9.17) is 9.84 Å². The summed E-state index contributed by atoms with van der Waals surface area (Å²) in [6.07, 6.45) is 4.89. The van der Waals surface area contributed by atoms with Crippen molar-refractivity contribution in [2.75, 3.05) is 19.7 Å². The Morgan fingerprint density at radius 1 is 1.47 bits per heavy atom. The third-order valence-corrected chi connectivity index (χ3v) is 2.62. The van der Waals surface area contributed by atoms with Crippen molar-refractivity contribution in [1.29, 1.82) is 0 Å². The van der Waals surface area contributed by atoms with E-state index >= 15 is 0 Å². The van der Waals surface area contributed by atoms with Gasteiger partial charge in [-0.1, -0.05) is 6.92 Å². The van der Waals surface area contributed by atoms with Gasteiger partial charge in [0.25, 0.3) is 0 Å². The van der Waals surface area contributed by atoms with Crippen LogP contribution in [0, 0.1) is 0 Å². The first-order valence-corrected chi connectivity index (χ1v) is 5.95. The summed E-state index contributed by atoms with van der Waals surface area (Å²) in [7, 11) is 0. The smallest absolute Gasteiger partial charge is 0.328 e. The van der Waals surface area contributed by atoms with E-state index in [1.807, 2.05) is 6.92 Å². The van der Waals surface area contributed by atoms with Gasteiger partial charge < -0.3 is 14.7 Å². The lowest BCUT2D eigenvalue weighted by Gasteiger charge is -2.31. The van der Waals surface area contributed by atoms with Crippen LogP contribution in [0.5, 0.6) is 0 Å². The lowest BCUT2D eigenvalue weighted by atomic mass is 10.1. The maximum atomic E-state index is 11.6. The molecule has 1 amide bonds. The molecule has 1 fully saturated rings. The molecule has 1 aliphatic rings. The second-order valence-corrected chi connectivity index (χ2v) is 4.09. The second kappa shape index (κ2) is 7.06. The number of carboxylic acids is 1. The maximum Gasteiger partial charge on any atom is 0.328 e. The van der Waals surface area contributed by atoms with Crippen molar-refractivity contribution in [2.45, 2.75) is 32.3 Å². The Morgan fingerprint density at radius 2 is 2.24 bits per heavy atom. The molecule has 5 nitrogen and oxygen atoms in total. The Labute approximate surface area is 101 Å². The highest BCUT2D eigenvalue weighted by Gasteiger charge is 2.22. The number of ether oxygens (including phenoxy) is 1. The number of hydrogen-bond acceptors (Lipinski definition) is 3. The molecule has 1 atom stereocenters. The van der Waals surface area contributed by atoms with Crippen molar-refractivity contribution in [3.8, 4) is 0 Å². The fourth-order valence-corrected chi connectivity index (χ4v) is 1.81. The van der Waals surface area contributed by atoms with Gasteiger partial charge in [0, 0.05) is 31.8 Å². The number of carboxylic acid groups (broad SMARTS) is 1. The van der Waals surface area contributed by atoms with Crippen molar-refractivity contribution >= 4 is 11.9 Å². The van der Waals surface area contributed by atoms with E-state index in [9.17, 15) is 9.59 Å². The van der Waals surface area contributed by atoms with Crippen LogP contribution in [0.1, 0.15) is 26.2 Å². The minimum atomic E-state index is -1.10. The molecule has 17 heavy (non-hydrogen) atoms. The molecule has 0 aromatic carbocycles. The normalized spacial score (nSPS) is 20.8. The van der Waals surface area contributed by atoms with Crippen LogP contribution in [0.3, 0.4) is 0 Å². The number of rotatable bonds is 5. The minimum Gasteiger partial charge on any atom is -0.478 e. The van der Waals surface area contributed by atoms with Crippen LogP contribution in [-0.4, -0.2) is 47.7 Å². The molecule has 1 N–H and O–H groups in total. The predicted molar refractivity (Wildman–Crippen MR) is 62.6 cm³/mol. The maximum absolute atomic E-state index is 11.6. The lowest BCUT2D eigenvalue weighted by Crippen LogP contribution is -2.42. The first kappa shape index (κ1) is 13.7. The number of carbonyl (C=O) groups is 2. The van der Waals surface area contributed by atoms with Gasteiger partial charge in [0.2, 0.25) is 5.91 Å². The molecule has 5 heteroatoms. The summed E-state index contributed by atoms with van der Waals surface area (Å²) < 4.78 is 5.60. The zero-order valence-electron chi connectivity index (χ0n) is 10.1. The average molecular weight is 241 g/mol. The Kier molecular flexibility index (Phi) is 5.69. The molecule has 0 radical (unpaired) electrons. The van der Waals surface area contributed by atoms with Crippen molar-refractivity contribution in [3.63, 3.8) is 0 Å². The molecule has 1 saturated heterocycles. The summed E-state index contributed by atoms with van der Waals surface area (Å²) in [4.78, 5) is 23.6. The number of carbonyl (C=O) groups excluding carboxylic acids is 1. The van der Waals surface area contributed by atoms with Gasteiger partial charge in [-0.2, -0.15) is 0 Å². The highest BCUT2D eigenvalue weighted by molar-refractivity contribution is 5.93. The Morgan fingerprint density at radius 3 is 2.88 bits per heavy atom. The molecule has 1 rings (SSSR count). The van der Waals surface area contributed by atoms with E-state index in [-0.39, 0.29) is 12.0 Å². The van der Waals surface area contributed by atoms with Gasteiger partial charge in [-0.15, -0.1) is 0 Å². The molecule has 1 aliphatic heterocycles. The molecular formula is C12H19NO4. The predicted octanol–water partition coefficient (Wildman–Crippen LogP) is 1.04. The molecule has 0 bridgehead atoms. The van der Waals surface area contributed by atoms with Crippen LogP contribution < -0.4 is 0 Å². The van der Waals surface area contributed by atoms with Gasteiger partial charge in [-0.25, -0.2) is 4.79 Å². The van der Waals surface area contributed by atoms with Crippen LogP contribution in [0.25, 0.3) is 0 Å².